The topological polar surface area (TPSA) is 129 Å². The summed E-state index contributed by atoms with van der Waals surface area (Å²) in [6.07, 6.45) is 5.87. The molecule has 1 saturated carbocycles. The summed E-state index contributed by atoms with van der Waals surface area (Å²) >= 11 is 0. The minimum atomic E-state index is -0.686. The van der Waals surface area contributed by atoms with Gasteiger partial charge in [-0.05, 0) is 61.6 Å². The van der Waals surface area contributed by atoms with E-state index in [1.54, 1.807) is 25.4 Å². The standard InChI is InChI=1S/C28H27FN6O3.ClH/c1-2-38-27(37)21-14-35(18-4-5-18)24-11-19(22(29)10-20(24)25(21)36)15-3-6-23-16(9-15)7-8-34(23)13-17-12-32-28(31)33-26(17)30;/h3,6,9-12,14,18H,2,4-5,7-8,13H2,1H3,(H4,30,31,32,33);1H. The Morgan fingerprint density at radius 1 is 1.21 bits per heavy atom. The van der Waals surface area contributed by atoms with Crippen LogP contribution in [-0.4, -0.2) is 33.7 Å². The summed E-state index contributed by atoms with van der Waals surface area (Å²) < 4.78 is 22.5. The fourth-order valence-corrected chi connectivity index (χ4v) is 5.16. The van der Waals surface area contributed by atoms with E-state index in [0.29, 0.717) is 23.4 Å². The number of carbonyl (C=O) groups excluding carboxylic acids is 1. The number of hydrogen-bond acceptors (Lipinski definition) is 8. The first-order valence-electron chi connectivity index (χ1n) is 12.6. The van der Waals surface area contributed by atoms with Gasteiger partial charge in [-0.2, -0.15) is 4.98 Å². The summed E-state index contributed by atoms with van der Waals surface area (Å²) in [4.78, 5) is 35.8. The molecule has 0 atom stereocenters. The number of carbonyl (C=O) groups is 1. The van der Waals surface area contributed by atoms with Crippen LogP contribution in [0.4, 0.5) is 21.8 Å². The highest BCUT2D eigenvalue weighted by molar-refractivity contribution is 5.95. The molecule has 2 aromatic heterocycles. The van der Waals surface area contributed by atoms with Gasteiger partial charge in [0.2, 0.25) is 11.4 Å². The SMILES string of the molecule is CCOC(=O)c1cn(C2CC2)c2cc(-c3ccc4c(c3)CCN4Cc3cnc(N)nc3N)c(F)cc2c1=O.Cl. The van der Waals surface area contributed by atoms with E-state index in [-0.39, 0.29) is 42.0 Å². The average molecular weight is 551 g/mol. The van der Waals surface area contributed by atoms with Crippen molar-refractivity contribution < 1.29 is 13.9 Å². The van der Waals surface area contributed by atoms with Gasteiger partial charge < -0.3 is 25.7 Å². The number of nitrogens with zero attached hydrogens (tertiary/aromatic N) is 4. The molecule has 1 aliphatic carbocycles. The highest BCUT2D eigenvalue weighted by Crippen LogP contribution is 2.39. The van der Waals surface area contributed by atoms with Crippen molar-refractivity contribution in [1.29, 1.82) is 0 Å². The lowest BCUT2D eigenvalue weighted by Crippen LogP contribution is -2.21. The van der Waals surface area contributed by atoms with E-state index in [4.69, 9.17) is 16.2 Å². The van der Waals surface area contributed by atoms with E-state index in [1.807, 2.05) is 22.8 Å². The fourth-order valence-electron chi connectivity index (χ4n) is 5.16. The third-order valence-corrected chi connectivity index (χ3v) is 7.22. The van der Waals surface area contributed by atoms with Crippen LogP contribution in [0.1, 0.15) is 47.3 Å². The predicted octanol–water partition coefficient (Wildman–Crippen LogP) is 4.26. The van der Waals surface area contributed by atoms with E-state index >= 15 is 4.39 Å². The molecular weight excluding hydrogens is 523 g/mol. The number of rotatable bonds is 6. The van der Waals surface area contributed by atoms with Gasteiger partial charge in [0.05, 0.1) is 12.1 Å². The highest BCUT2D eigenvalue weighted by atomic mass is 35.5. The molecule has 0 spiro atoms. The van der Waals surface area contributed by atoms with Crippen LogP contribution in [0.25, 0.3) is 22.0 Å². The van der Waals surface area contributed by atoms with Crippen molar-refractivity contribution in [2.45, 2.75) is 38.8 Å². The third kappa shape index (κ3) is 4.76. The Morgan fingerprint density at radius 3 is 2.72 bits per heavy atom. The van der Waals surface area contributed by atoms with Gasteiger partial charge in [-0.3, -0.25) is 4.79 Å². The first-order valence-corrected chi connectivity index (χ1v) is 12.6. The number of ether oxygens (including phenoxy) is 1. The van der Waals surface area contributed by atoms with Crippen molar-refractivity contribution in [3.05, 3.63) is 75.5 Å². The zero-order valence-electron chi connectivity index (χ0n) is 21.3. The van der Waals surface area contributed by atoms with Crippen molar-refractivity contribution in [3.63, 3.8) is 0 Å². The molecule has 202 valence electrons. The molecule has 0 bridgehead atoms. The molecule has 2 aliphatic rings. The van der Waals surface area contributed by atoms with Gasteiger partial charge in [-0.25, -0.2) is 14.2 Å². The Balaban J connectivity index is 0.00000308. The second-order valence-corrected chi connectivity index (χ2v) is 9.73. The minimum absolute atomic E-state index is 0. The zero-order valence-corrected chi connectivity index (χ0v) is 22.1. The molecule has 4 N–H and O–H groups in total. The van der Waals surface area contributed by atoms with Gasteiger partial charge in [-0.1, -0.05) is 6.07 Å². The second kappa shape index (κ2) is 10.2. The van der Waals surface area contributed by atoms with Gasteiger partial charge in [0.1, 0.15) is 17.2 Å². The van der Waals surface area contributed by atoms with Crippen LogP contribution < -0.4 is 21.8 Å². The third-order valence-electron chi connectivity index (χ3n) is 7.22. The summed E-state index contributed by atoms with van der Waals surface area (Å²) in [6.45, 7) is 3.16. The van der Waals surface area contributed by atoms with Crippen molar-refractivity contribution >= 4 is 46.7 Å². The van der Waals surface area contributed by atoms with E-state index in [1.165, 1.54) is 6.07 Å². The maximum absolute atomic E-state index is 15.5. The predicted molar refractivity (Wildman–Crippen MR) is 151 cm³/mol. The molecule has 0 radical (unpaired) electrons. The summed E-state index contributed by atoms with van der Waals surface area (Å²) in [5, 5.41) is 0.180. The monoisotopic (exact) mass is 550 g/mol. The first-order chi connectivity index (χ1) is 18.3. The number of nitrogen functional groups attached to an aromatic ring is 2. The molecule has 0 saturated heterocycles. The van der Waals surface area contributed by atoms with Gasteiger partial charge in [-0.15, -0.1) is 12.4 Å². The molecule has 0 amide bonds. The summed E-state index contributed by atoms with van der Waals surface area (Å²) in [5.74, 6) is -0.707. The van der Waals surface area contributed by atoms with E-state index in [2.05, 4.69) is 14.9 Å². The van der Waals surface area contributed by atoms with Crippen molar-refractivity contribution in [2.75, 3.05) is 29.5 Å². The Morgan fingerprint density at radius 2 is 2.00 bits per heavy atom. The van der Waals surface area contributed by atoms with Crippen LogP contribution in [0.3, 0.4) is 0 Å². The number of aromatic nitrogens is 3. The fraction of sp³-hybridized carbons (Fsp3) is 0.286. The molecule has 9 nitrogen and oxygen atoms in total. The number of fused-ring (bicyclic) bond motifs is 2. The largest absolute Gasteiger partial charge is 0.462 e. The van der Waals surface area contributed by atoms with E-state index < -0.39 is 17.2 Å². The van der Waals surface area contributed by atoms with Crippen LogP contribution in [0.15, 0.2) is 47.5 Å². The molecule has 0 unspecified atom stereocenters. The average Bonchev–Trinajstić information content (AvgIpc) is 3.66. The van der Waals surface area contributed by atoms with Crippen LogP contribution in [0.2, 0.25) is 0 Å². The Hall–Kier alpha value is -4.18. The van der Waals surface area contributed by atoms with Crippen molar-refractivity contribution in [1.82, 2.24) is 14.5 Å². The molecule has 39 heavy (non-hydrogen) atoms. The normalized spacial score (nSPS) is 14.3. The van der Waals surface area contributed by atoms with E-state index in [9.17, 15) is 9.59 Å². The van der Waals surface area contributed by atoms with Crippen LogP contribution in [-0.2, 0) is 17.7 Å². The lowest BCUT2D eigenvalue weighted by molar-refractivity contribution is 0.0524. The number of esters is 1. The molecule has 11 heteroatoms. The van der Waals surface area contributed by atoms with Crippen LogP contribution in [0.5, 0.6) is 0 Å². The number of hydrogen-bond donors (Lipinski definition) is 2. The zero-order chi connectivity index (χ0) is 26.6. The Labute approximate surface area is 230 Å². The van der Waals surface area contributed by atoms with Gasteiger partial charge in [0.15, 0.2) is 0 Å². The molecular formula is C28H28ClFN6O3. The lowest BCUT2D eigenvalue weighted by Gasteiger charge is -2.20. The van der Waals surface area contributed by atoms with Gasteiger partial charge in [0, 0.05) is 53.7 Å². The maximum Gasteiger partial charge on any atom is 0.343 e. The molecule has 1 fully saturated rings. The number of anilines is 3. The summed E-state index contributed by atoms with van der Waals surface area (Å²) in [7, 11) is 0. The lowest BCUT2D eigenvalue weighted by atomic mass is 9.99. The number of nitrogens with two attached hydrogens (primary N) is 2. The smallest absolute Gasteiger partial charge is 0.343 e. The minimum Gasteiger partial charge on any atom is -0.462 e. The van der Waals surface area contributed by atoms with E-state index in [0.717, 1.165) is 48.2 Å². The number of pyridine rings is 1. The quantitative estimate of drug-likeness (QED) is 0.341. The number of halogens is 2. The van der Waals surface area contributed by atoms with Gasteiger partial charge >= 0.3 is 5.97 Å². The molecule has 4 aromatic rings. The maximum atomic E-state index is 15.5. The molecule has 6 rings (SSSR count). The Kier molecular flexibility index (Phi) is 6.90. The Bertz CT molecular complexity index is 1670. The highest BCUT2D eigenvalue weighted by Gasteiger charge is 2.28. The molecule has 3 heterocycles. The molecule has 2 aromatic carbocycles. The second-order valence-electron chi connectivity index (χ2n) is 9.73. The van der Waals surface area contributed by atoms with Crippen molar-refractivity contribution in [2.24, 2.45) is 0 Å². The van der Waals surface area contributed by atoms with Crippen molar-refractivity contribution in [3.8, 4) is 11.1 Å². The summed E-state index contributed by atoms with van der Waals surface area (Å²) in [5.41, 5.74) is 15.7. The number of benzene rings is 2. The summed E-state index contributed by atoms with van der Waals surface area (Å²) in [6, 6.07) is 9.00. The molecule has 1 aliphatic heterocycles. The van der Waals surface area contributed by atoms with Crippen LogP contribution >= 0.6 is 12.4 Å². The van der Waals surface area contributed by atoms with Crippen LogP contribution in [0, 0.1) is 5.82 Å². The van der Waals surface area contributed by atoms with Gasteiger partial charge in [0.25, 0.3) is 0 Å². The first kappa shape index (κ1) is 26.4.